The van der Waals surface area contributed by atoms with Crippen LogP contribution in [-0.2, 0) is 5.41 Å². The third kappa shape index (κ3) is 4.33. The first-order valence-corrected chi connectivity index (χ1v) is 16.0. The third-order valence-electron chi connectivity index (χ3n) is 9.50. The molecule has 0 atom stereocenters. The van der Waals surface area contributed by atoms with Crippen molar-refractivity contribution in [3.63, 3.8) is 0 Å². The van der Waals surface area contributed by atoms with Crippen LogP contribution in [0.2, 0.25) is 0 Å². The molecule has 0 unspecified atom stereocenters. The molecule has 0 aliphatic heterocycles. The summed E-state index contributed by atoms with van der Waals surface area (Å²) in [5, 5.41) is 4.57. The molecule has 5 aromatic heterocycles. The molecule has 0 radical (unpaired) electrons. The fourth-order valence-electron chi connectivity index (χ4n) is 6.86. The van der Waals surface area contributed by atoms with Crippen LogP contribution in [-0.4, -0.2) is 19.5 Å². The highest BCUT2D eigenvalue weighted by molar-refractivity contribution is 6.11. The number of pyridine rings is 3. The van der Waals surface area contributed by atoms with E-state index in [4.69, 9.17) is 14.4 Å². The number of benzene rings is 3. The minimum atomic E-state index is -0.398. The number of fused-ring (bicyclic) bond motifs is 6. The van der Waals surface area contributed by atoms with Crippen LogP contribution in [0.3, 0.4) is 0 Å². The molecule has 226 valence electrons. The van der Waals surface area contributed by atoms with Crippen molar-refractivity contribution in [1.82, 2.24) is 19.5 Å². The predicted octanol–water partition coefficient (Wildman–Crippen LogP) is 10.6. The number of hydrogen-bond donors (Lipinski definition) is 0. The van der Waals surface area contributed by atoms with Crippen molar-refractivity contribution in [2.75, 3.05) is 0 Å². The largest absolute Gasteiger partial charge is 0.437 e. The third-order valence-corrected chi connectivity index (χ3v) is 9.50. The van der Waals surface area contributed by atoms with Crippen LogP contribution >= 0.6 is 0 Å². The van der Waals surface area contributed by atoms with E-state index in [1.807, 2.05) is 31.3 Å². The highest BCUT2D eigenvalue weighted by Gasteiger charge is 2.29. The smallest absolute Gasteiger partial charge is 0.227 e. The Hall–Kier alpha value is -5.29. The number of nitrogens with zero attached hydrogens (tertiary/aromatic N) is 4. The summed E-state index contributed by atoms with van der Waals surface area (Å²) in [5.41, 5.74) is 10.9. The van der Waals surface area contributed by atoms with E-state index in [9.17, 15) is 0 Å². The Kier molecular flexibility index (Phi) is 6.36. The average molecular weight is 601 g/mol. The van der Waals surface area contributed by atoms with Gasteiger partial charge < -0.3 is 4.42 Å². The van der Waals surface area contributed by atoms with Gasteiger partial charge in [-0.3, -0.25) is 9.55 Å². The van der Waals surface area contributed by atoms with E-state index in [0.29, 0.717) is 11.6 Å². The van der Waals surface area contributed by atoms with Crippen LogP contribution in [0.5, 0.6) is 0 Å². The highest BCUT2D eigenvalue weighted by atomic mass is 16.3. The van der Waals surface area contributed by atoms with Crippen LogP contribution < -0.4 is 0 Å². The van der Waals surface area contributed by atoms with Crippen LogP contribution in [0.4, 0.5) is 0 Å². The molecule has 0 bridgehead atoms. The van der Waals surface area contributed by atoms with Crippen molar-refractivity contribution in [1.29, 1.82) is 0 Å². The van der Waals surface area contributed by atoms with Gasteiger partial charge in [0.15, 0.2) is 0 Å². The molecular formula is C41H36N4O. The molecule has 0 spiro atoms. The number of furan rings is 1. The normalized spacial score (nSPS) is 12.3. The van der Waals surface area contributed by atoms with Crippen LogP contribution in [0, 0.1) is 13.8 Å². The maximum Gasteiger partial charge on any atom is 0.227 e. The summed E-state index contributed by atoms with van der Waals surface area (Å²) in [6.07, 6.45) is 1.86. The summed E-state index contributed by atoms with van der Waals surface area (Å²) in [6.45, 7) is 13.3. The van der Waals surface area contributed by atoms with Crippen molar-refractivity contribution in [3.8, 4) is 17.1 Å². The number of aromatic nitrogens is 4. The lowest BCUT2D eigenvalue weighted by molar-refractivity contribution is 0.614. The molecular weight excluding hydrogens is 564 g/mol. The quantitative estimate of drug-likeness (QED) is 0.197. The van der Waals surface area contributed by atoms with Crippen molar-refractivity contribution in [2.45, 2.75) is 52.9 Å². The van der Waals surface area contributed by atoms with Gasteiger partial charge in [0.2, 0.25) is 5.71 Å². The summed E-state index contributed by atoms with van der Waals surface area (Å²) >= 11 is 0. The van der Waals surface area contributed by atoms with Crippen molar-refractivity contribution >= 4 is 43.9 Å². The van der Waals surface area contributed by atoms with Crippen molar-refractivity contribution < 1.29 is 4.42 Å². The number of aryl methyl sites for hydroxylation is 2. The van der Waals surface area contributed by atoms with Gasteiger partial charge in [-0.05, 0) is 91.1 Å². The van der Waals surface area contributed by atoms with Gasteiger partial charge in [0, 0.05) is 44.4 Å². The lowest BCUT2D eigenvalue weighted by atomic mass is 9.79. The lowest BCUT2D eigenvalue weighted by Crippen LogP contribution is -2.22. The average Bonchev–Trinajstić information content (AvgIpc) is 3.60. The zero-order chi connectivity index (χ0) is 31.7. The van der Waals surface area contributed by atoms with E-state index in [-0.39, 0.29) is 0 Å². The van der Waals surface area contributed by atoms with Crippen LogP contribution in [0.15, 0.2) is 108 Å². The first-order chi connectivity index (χ1) is 22.2. The van der Waals surface area contributed by atoms with E-state index in [1.165, 1.54) is 27.5 Å². The summed E-state index contributed by atoms with van der Waals surface area (Å²) < 4.78 is 8.71. The molecule has 5 heteroatoms. The highest BCUT2D eigenvalue weighted by Crippen LogP contribution is 2.41. The fourth-order valence-corrected chi connectivity index (χ4v) is 6.86. The van der Waals surface area contributed by atoms with Gasteiger partial charge in [-0.2, -0.15) is 0 Å². The Morgan fingerprint density at radius 2 is 1.54 bits per heavy atom. The number of hydrogen-bond acceptors (Lipinski definition) is 4. The number of rotatable bonds is 5. The van der Waals surface area contributed by atoms with Gasteiger partial charge in [0.25, 0.3) is 0 Å². The second kappa shape index (κ2) is 10.4. The van der Waals surface area contributed by atoms with Gasteiger partial charge in [-0.15, -0.1) is 0 Å². The monoisotopic (exact) mass is 600 g/mol. The first-order valence-electron chi connectivity index (χ1n) is 16.0. The molecule has 8 rings (SSSR count). The minimum Gasteiger partial charge on any atom is -0.437 e. The second-order valence-corrected chi connectivity index (χ2v) is 13.3. The standard InChI is InChI=1S/C41H36N4O/c1-24(2)27-21-33(31-14-11-13-29-30-18-17-26(4)43-40(30)46-39(29)31)44-36(22-27)41(5,6)28-20-25(3)38-32-12-7-8-15-34(32)45(35(38)23-28)37-16-9-10-19-42-37/h7-24H,1-6H3. The Balaban J connectivity index is 1.35. The van der Waals surface area contributed by atoms with Gasteiger partial charge in [0.05, 0.1) is 22.4 Å². The maximum atomic E-state index is 6.42. The first kappa shape index (κ1) is 28.2. The summed E-state index contributed by atoms with van der Waals surface area (Å²) in [4.78, 5) is 14.8. The molecule has 0 fully saturated rings. The van der Waals surface area contributed by atoms with Gasteiger partial charge in [-0.25, -0.2) is 9.97 Å². The Morgan fingerprint density at radius 1 is 0.739 bits per heavy atom. The second-order valence-electron chi connectivity index (χ2n) is 13.3. The molecule has 5 heterocycles. The summed E-state index contributed by atoms with van der Waals surface area (Å²) in [5.74, 6) is 1.24. The lowest BCUT2D eigenvalue weighted by Gasteiger charge is -2.27. The molecule has 0 saturated carbocycles. The molecule has 46 heavy (non-hydrogen) atoms. The van der Waals surface area contributed by atoms with Crippen molar-refractivity contribution in [2.24, 2.45) is 0 Å². The molecule has 0 aliphatic carbocycles. The molecule has 0 saturated heterocycles. The van der Waals surface area contributed by atoms with E-state index in [2.05, 4.69) is 123 Å². The Labute approximate surface area is 268 Å². The maximum absolute atomic E-state index is 6.42. The van der Waals surface area contributed by atoms with Gasteiger partial charge >= 0.3 is 0 Å². The minimum absolute atomic E-state index is 0.325. The Bertz CT molecular complexity index is 2450. The van der Waals surface area contributed by atoms with E-state index in [1.54, 1.807) is 0 Å². The predicted molar refractivity (Wildman–Crippen MR) is 189 cm³/mol. The van der Waals surface area contributed by atoms with Crippen LogP contribution in [0.1, 0.15) is 61.7 Å². The molecule has 0 amide bonds. The zero-order valence-electron chi connectivity index (χ0n) is 27.1. The fraction of sp³-hybridized carbons (Fsp3) is 0.195. The van der Waals surface area contributed by atoms with E-state index < -0.39 is 5.41 Å². The molecule has 3 aromatic carbocycles. The SMILES string of the molecule is Cc1ccc2c(n1)oc1c(-c3cc(C(C)C)cc(C(C)(C)c4cc(C)c5c6ccccc6n(-c6ccccn6)c5c4)n3)cccc12. The summed E-state index contributed by atoms with van der Waals surface area (Å²) in [7, 11) is 0. The van der Waals surface area contributed by atoms with Gasteiger partial charge in [-0.1, -0.05) is 70.2 Å². The van der Waals surface area contributed by atoms with E-state index >= 15 is 0 Å². The topological polar surface area (TPSA) is 56.7 Å². The van der Waals surface area contributed by atoms with Crippen molar-refractivity contribution in [3.05, 3.63) is 131 Å². The molecule has 5 nitrogen and oxygen atoms in total. The molecule has 0 N–H and O–H groups in total. The van der Waals surface area contributed by atoms with Crippen LogP contribution in [0.25, 0.3) is 61.0 Å². The summed E-state index contributed by atoms with van der Waals surface area (Å²) in [6, 6.07) is 34.3. The zero-order valence-corrected chi connectivity index (χ0v) is 27.1. The Morgan fingerprint density at radius 3 is 2.35 bits per heavy atom. The van der Waals surface area contributed by atoms with Gasteiger partial charge in [0.1, 0.15) is 11.4 Å². The molecule has 0 aliphatic rings. The molecule has 8 aromatic rings. The van der Waals surface area contributed by atoms with E-state index in [0.717, 1.165) is 55.9 Å². The number of para-hydroxylation sites is 2.